The van der Waals surface area contributed by atoms with E-state index in [1.165, 1.54) is 6.08 Å². The number of hydrogen-bond donors (Lipinski definition) is 0. The van der Waals surface area contributed by atoms with Crippen molar-refractivity contribution in [3.8, 4) is 11.5 Å². The molecule has 2 rings (SSSR count). The van der Waals surface area contributed by atoms with Gasteiger partial charge in [0, 0.05) is 44.0 Å². The van der Waals surface area contributed by atoms with Gasteiger partial charge in [0.2, 0.25) is 5.91 Å². The van der Waals surface area contributed by atoms with Crippen LogP contribution in [0.2, 0.25) is 0 Å². The highest BCUT2D eigenvalue weighted by atomic mass is 16.5. The van der Waals surface area contributed by atoms with Crippen LogP contribution in [0.25, 0.3) is 6.08 Å². The molecule has 1 aromatic heterocycles. The van der Waals surface area contributed by atoms with Gasteiger partial charge in [0.25, 0.3) is 0 Å². The fourth-order valence-electron chi connectivity index (χ4n) is 2.16. The fourth-order valence-corrected chi connectivity index (χ4v) is 2.16. The zero-order chi connectivity index (χ0) is 16.8. The molecule has 0 bridgehead atoms. The number of methoxy groups -OCH3 is 2. The molecule has 0 fully saturated rings. The highest BCUT2D eigenvalue weighted by molar-refractivity contribution is 5.92. The van der Waals surface area contributed by atoms with E-state index in [0.717, 1.165) is 11.1 Å². The van der Waals surface area contributed by atoms with Crippen molar-refractivity contribution in [2.45, 2.75) is 6.54 Å². The molecular weight excluding hydrogens is 294 g/mol. The van der Waals surface area contributed by atoms with Gasteiger partial charge in [-0.05, 0) is 24.3 Å². The number of aryl methyl sites for hydroxylation is 1. The quantitative estimate of drug-likeness (QED) is 0.766. The highest BCUT2D eigenvalue weighted by Gasteiger charge is 2.08. The normalized spacial score (nSPS) is 10.8. The maximum atomic E-state index is 12.2. The molecule has 0 saturated carbocycles. The van der Waals surface area contributed by atoms with Crippen LogP contribution in [0.1, 0.15) is 11.1 Å². The number of aromatic nitrogens is 2. The number of likely N-dealkylation sites (N-methyl/N-ethyl adjacent to an activating group) is 1. The first-order chi connectivity index (χ1) is 11.0. The molecule has 1 amide bonds. The summed E-state index contributed by atoms with van der Waals surface area (Å²) in [5.74, 6) is 1.30. The summed E-state index contributed by atoms with van der Waals surface area (Å²) in [6, 6.07) is 5.44. The van der Waals surface area contributed by atoms with E-state index >= 15 is 0 Å². The van der Waals surface area contributed by atoms with Crippen LogP contribution in [0.3, 0.4) is 0 Å². The average Bonchev–Trinajstić information content (AvgIpc) is 2.96. The molecule has 23 heavy (non-hydrogen) atoms. The van der Waals surface area contributed by atoms with Gasteiger partial charge in [-0.1, -0.05) is 0 Å². The van der Waals surface area contributed by atoms with Crippen LogP contribution >= 0.6 is 0 Å². The second kappa shape index (κ2) is 7.49. The first kappa shape index (κ1) is 16.6. The monoisotopic (exact) mass is 315 g/mol. The Morgan fingerprint density at radius 2 is 2.13 bits per heavy atom. The third-order valence-corrected chi connectivity index (χ3v) is 3.40. The lowest BCUT2D eigenvalue weighted by molar-refractivity contribution is -0.125. The Bertz CT molecular complexity index is 707. The smallest absolute Gasteiger partial charge is 0.246 e. The molecule has 0 aliphatic rings. The Balaban J connectivity index is 2.08. The number of benzene rings is 1. The summed E-state index contributed by atoms with van der Waals surface area (Å²) in [4.78, 5) is 13.8. The molecule has 6 heteroatoms. The number of amides is 1. The van der Waals surface area contributed by atoms with Gasteiger partial charge in [-0.2, -0.15) is 5.10 Å². The van der Waals surface area contributed by atoms with E-state index in [1.54, 1.807) is 43.1 Å². The molecule has 1 aromatic carbocycles. The van der Waals surface area contributed by atoms with Crippen LogP contribution in [0, 0.1) is 0 Å². The summed E-state index contributed by atoms with van der Waals surface area (Å²) in [6.45, 7) is 0.506. The Labute approximate surface area is 135 Å². The number of carbonyl (C=O) groups excluding carboxylic acids is 1. The van der Waals surface area contributed by atoms with Crippen molar-refractivity contribution in [2.24, 2.45) is 7.05 Å². The van der Waals surface area contributed by atoms with Crippen molar-refractivity contribution in [3.05, 3.63) is 47.8 Å². The van der Waals surface area contributed by atoms with Gasteiger partial charge in [0.1, 0.15) is 11.5 Å². The zero-order valence-corrected chi connectivity index (χ0v) is 13.8. The summed E-state index contributed by atoms with van der Waals surface area (Å²) in [6.07, 6.45) is 6.88. The van der Waals surface area contributed by atoms with Gasteiger partial charge in [-0.25, -0.2) is 0 Å². The molecule has 0 radical (unpaired) electrons. The Morgan fingerprint density at radius 1 is 1.35 bits per heavy atom. The van der Waals surface area contributed by atoms with Gasteiger partial charge < -0.3 is 14.4 Å². The van der Waals surface area contributed by atoms with Crippen molar-refractivity contribution in [1.82, 2.24) is 14.7 Å². The molecular formula is C17H21N3O3. The maximum absolute atomic E-state index is 12.2. The van der Waals surface area contributed by atoms with Crippen molar-refractivity contribution < 1.29 is 14.3 Å². The van der Waals surface area contributed by atoms with Crippen molar-refractivity contribution in [2.75, 3.05) is 21.3 Å². The lowest BCUT2D eigenvalue weighted by atomic mass is 10.1. The fraction of sp³-hybridized carbons (Fsp3) is 0.294. The van der Waals surface area contributed by atoms with Crippen LogP contribution in [-0.2, 0) is 18.4 Å². The van der Waals surface area contributed by atoms with E-state index in [9.17, 15) is 4.79 Å². The van der Waals surface area contributed by atoms with E-state index < -0.39 is 0 Å². The molecule has 0 saturated heterocycles. The Kier molecular flexibility index (Phi) is 5.41. The predicted molar refractivity (Wildman–Crippen MR) is 88.3 cm³/mol. The highest BCUT2D eigenvalue weighted by Crippen LogP contribution is 2.25. The van der Waals surface area contributed by atoms with Crippen molar-refractivity contribution in [3.63, 3.8) is 0 Å². The van der Waals surface area contributed by atoms with Gasteiger partial charge in [0.05, 0.1) is 20.4 Å². The van der Waals surface area contributed by atoms with Crippen LogP contribution in [-0.4, -0.2) is 41.9 Å². The van der Waals surface area contributed by atoms with Gasteiger partial charge in [-0.3, -0.25) is 9.48 Å². The topological polar surface area (TPSA) is 56.6 Å². The molecule has 122 valence electrons. The van der Waals surface area contributed by atoms with E-state index in [-0.39, 0.29) is 5.91 Å². The third kappa shape index (κ3) is 4.35. The standard InChI is InChI=1S/C17H21N3O3/c1-19(11-13-10-18-20(2)12-13)17(21)8-5-14-9-15(22-3)6-7-16(14)23-4/h5-10,12H,11H2,1-4H3/b8-5+. The molecule has 0 N–H and O–H groups in total. The minimum Gasteiger partial charge on any atom is -0.497 e. The second-order valence-corrected chi connectivity index (χ2v) is 5.16. The average molecular weight is 315 g/mol. The number of ether oxygens (including phenoxy) is 2. The molecule has 0 atom stereocenters. The van der Waals surface area contributed by atoms with E-state index in [4.69, 9.17) is 9.47 Å². The summed E-state index contributed by atoms with van der Waals surface area (Å²) in [5.41, 5.74) is 1.77. The lowest BCUT2D eigenvalue weighted by Gasteiger charge is -2.13. The summed E-state index contributed by atoms with van der Waals surface area (Å²) < 4.78 is 12.2. The molecule has 0 aliphatic heterocycles. The summed E-state index contributed by atoms with van der Waals surface area (Å²) in [7, 11) is 6.79. The predicted octanol–water partition coefficient (Wildman–Crippen LogP) is 2.11. The Morgan fingerprint density at radius 3 is 2.74 bits per heavy atom. The van der Waals surface area contributed by atoms with Gasteiger partial charge >= 0.3 is 0 Å². The van der Waals surface area contributed by atoms with Crippen LogP contribution in [0.15, 0.2) is 36.7 Å². The molecule has 0 unspecified atom stereocenters. The molecule has 0 spiro atoms. The van der Waals surface area contributed by atoms with E-state index in [0.29, 0.717) is 18.0 Å². The number of rotatable bonds is 6. The zero-order valence-electron chi connectivity index (χ0n) is 13.8. The number of carbonyl (C=O) groups is 1. The molecule has 1 heterocycles. The summed E-state index contributed by atoms with van der Waals surface area (Å²) in [5, 5.41) is 4.09. The van der Waals surface area contributed by atoms with Crippen molar-refractivity contribution >= 4 is 12.0 Å². The van der Waals surface area contributed by atoms with E-state index in [2.05, 4.69) is 5.10 Å². The lowest BCUT2D eigenvalue weighted by Crippen LogP contribution is -2.23. The first-order valence-electron chi connectivity index (χ1n) is 7.16. The van der Waals surface area contributed by atoms with Gasteiger partial charge in [-0.15, -0.1) is 0 Å². The maximum Gasteiger partial charge on any atom is 0.246 e. The molecule has 6 nitrogen and oxygen atoms in total. The van der Waals surface area contributed by atoms with Crippen molar-refractivity contribution in [1.29, 1.82) is 0 Å². The molecule has 0 aliphatic carbocycles. The minimum atomic E-state index is -0.0984. The Hall–Kier alpha value is -2.76. The number of nitrogens with zero attached hydrogens (tertiary/aromatic N) is 3. The van der Waals surface area contributed by atoms with Gasteiger partial charge in [0.15, 0.2) is 0 Å². The SMILES string of the molecule is COc1ccc(OC)c(/C=C/C(=O)N(C)Cc2cnn(C)c2)c1. The summed E-state index contributed by atoms with van der Waals surface area (Å²) >= 11 is 0. The van der Waals surface area contributed by atoms with Crippen LogP contribution in [0.4, 0.5) is 0 Å². The minimum absolute atomic E-state index is 0.0984. The molecule has 2 aromatic rings. The van der Waals surface area contributed by atoms with E-state index in [1.807, 2.05) is 31.4 Å². The first-order valence-corrected chi connectivity index (χ1v) is 7.16. The third-order valence-electron chi connectivity index (χ3n) is 3.40. The van der Waals surface area contributed by atoms with Crippen LogP contribution in [0.5, 0.6) is 11.5 Å². The van der Waals surface area contributed by atoms with Crippen LogP contribution < -0.4 is 9.47 Å². The second-order valence-electron chi connectivity index (χ2n) is 5.16. The largest absolute Gasteiger partial charge is 0.497 e. The number of hydrogen-bond acceptors (Lipinski definition) is 4.